The second-order valence-electron chi connectivity index (χ2n) is 7.26. The lowest BCUT2D eigenvalue weighted by Crippen LogP contribution is -2.46. The van der Waals surface area contributed by atoms with Crippen molar-refractivity contribution in [2.45, 2.75) is 31.7 Å². The lowest BCUT2D eigenvalue weighted by Gasteiger charge is -2.36. The average molecular weight is 384 g/mol. The van der Waals surface area contributed by atoms with Crippen LogP contribution >= 0.6 is 0 Å². The molecule has 1 N–H and O–H groups in total. The fraction of sp³-hybridized carbons (Fsp3) is 0.273. The van der Waals surface area contributed by atoms with Crippen molar-refractivity contribution >= 4 is 17.5 Å². The van der Waals surface area contributed by atoms with Crippen LogP contribution in [0.4, 0.5) is 14.5 Å². The van der Waals surface area contributed by atoms with Crippen molar-refractivity contribution in [3.05, 3.63) is 77.9 Å². The molecule has 2 aromatic rings. The molecule has 1 fully saturated rings. The molecule has 1 unspecified atom stereocenters. The first-order chi connectivity index (χ1) is 13.3. The van der Waals surface area contributed by atoms with Gasteiger partial charge in [-0.2, -0.15) is 0 Å². The van der Waals surface area contributed by atoms with Crippen LogP contribution in [0.1, 0.15) is 35.7 Å². The van der Waals surface area contributed by atoms with Crippen molar-refractivity contribution in [2.24, 2.45) is 0 Å². The Morgan fingerprint density at radius 2 is 2.00 bits per heavy atom. The van der Waals surface area contributed by atoms with Crippen molar-refractivity contribution in [3.8, 4) is 0 Å². The van der Waals surface area contributed by atoms with Crippen molar-refractivity contribution < 1.29 is 18.4 Å². The molecular weight excluding hydrogens is 362 g/mol. The molecule has 3 rings (SSSR count). The first-order valence-corrected chi connectivity index (χ1v) is 9.12. The van der Waals surface area contributed by atoms with Gasteiger partial charge in [0.2, 0.25) is 5.91 Å². The molecule has 2 amide bonds. The SMILES string of the molecule is C=CC(=O)Nc1cccc(C(=O)N2CCCC2(C)Cc2ccc(F)c(F)c2)c1. The maximum atomic E-state index is 13.6. The molecule has 146 valence electrons. The number of nitrogens with zero attached hydrogens (tertiary/aromatic N) is 1. The molecule has 1 aliphatic rings. The number of hydrogen-bond acceptors (Lipinski definition) is 2. The smallest absolute Gasteiger partial charge is 0.254 e. The molecule has 0 aromatic heterocycles. The first kappa shape index (κ1) is 19.7. The predicted molar refractivity (Wildman–Crippen MR) is 104 cm³/mol. The van der Waals surface area contributed by atoms with E-state index in [4.69, 9.17) is 0 Å². The van der Waals surface area contributed by atoms with Crippen LogP contribution in [-0.4, -0.2) is 28.8 Å². The average Bonchev–Trinajstić information content (AvgIpc) is 3.05. The second-order valence-corrected chi connectivity index (χ2v) is 7.26. The van der Waals surface area contributed by atoms with Crippen LogP contribution in [-0.2, 0) is 11.2 Å². The van der Waals surface area contributed by atoms with Crippen LogP contribution in [0, 0.1) is 11.6 Å². The Morgan fingerprint density at radius 1 is 1.21 bits per heavy atom. The molecule has 2 aromatic carbocycles. The van der Waals surface area contributed by atoms with E-state index in [1.807, 2.05) is 6.92 Å². The van der Waals surface area contributed by atoms with E-state index in [1.165, 1.54) is 6.07 Å². The van der Waals surface area contributed by atoms with Crippen molar-refractivity contribution in [1.82, 2.24) is 4.90 Å². The topological polar surface area (TPSA) is 49.4 Å². The van der Waals surface area contributed by atoms with Crippen LogP contribution in [0.2, 0.25) is 0 Å². The highest BCUT2D eigenvalue weighted by molar-refractivity contribution is 6.01. The highest BCUT2D eigenvalue weighted by atomic mass is 19.2. The summed E-state index contributed by atoms with van der Waals surface area (Å²) in [5, 5.41) is 2.64. The van der Waals surface area contributed by atoms with Gasteiger partial charge in [-0.05, 0) is 68.2 Å². The summed E-state index contributed by atoms with van der Waals surface area (Å²) in [5.41, 5.74) is 1.12. The summed E-state index contributed by atoms with van der Waals surface area (Å²) in [6.45, 7) is 5.96. The summed E-state index contributed by atoms with van der Waals surface area (Å²) in [4.78, 5) is 26.4. The van der Waals surface area contributed by atoms with Crippen LogP contribution in [0.25, 0.3) is 0 Å². The quantitative estimate of drug-likeness (QED) is 0.781. The van der Waals surface area contributed by atoms with Gasteiger partial charge in [0.05, 0.1) is 0 Å². The van der Waals surface area contributed by atoms with E-state index in [1.54, 1.807) is 35.2 Å². The highest BCUT2D eigenvalue weighted by Crippen LogP contribution is 2.34. The standard InChI is InChI=1S/C22H22F2N2O2/c1-3-20(27)25-17-7-4-6-16(13-17)21(28)26-11-5-10-22(26,2)14-15-8-9-18(23)19(24)12-15/h3-4,6-9,12-13H,1,5,10-11,14H2,2H3,(H,25,27). The molecule has 1 saturated heterocycles. The minimum absolute atomic E-state index is 0.155. The molecule has 4 nitrogen and oxygen atoms in total. The molecule has 1 atom stereocenters. The summed E-state index contributed by atoms with van der Waals surface area (Å²) < 4.78 is 26.8. The molecule has 0 aliphatic carbocycles. The molecule has 1 heterocycles. The summed E-state index contributed by atoms with van der Waals surface area (Å²) in [5.74, 6) is -2.28. The zero-order chi connectivity index (χ0) is 20.3. The molecule has 0 saturated carbocycles. The van der Waals surface area contributed by atoms with Gasteiger partial charge < -0.3 is 10.2 Å². The van der Waals surface area contributed by atoms with Gasteiger partial charge in [-0.1, -0.05) is 18.7 Å². The lowest BCUT2D eigenvalue weighted by molar-refractivity contribution is -0.111. The maximum Gasteiger partial charge on any atom is 0.254 e. The van der Waals surface area contributed by atoms with Gasteiger partial charge in [0.25, 0.3) is 5.91 Å². The number of halogens is 2. The summed E-state index contributed by atoms with van der Waals surface area (Å²) in [6, 6.07) is 10.6. The number of nitrogens with one attached hydrogen (secondary N) is 1. The molecule has 0 spiro atoms. The van der Waals surface area contributed by atoms with Crippen molar-refractivity contribution in [2.75, 3.05) is 11.9 Å². The summed E-state index contributed by atoms with van der Waals surface area (Å²) in [6.07, 6.45) is 3.19. The van der Waals surface area contributed by atoms with Crippen LogP contribution in [0.3, 0.4) is 0 Å². The van der Waals surface area contributed by atoms with Crippen LogP contribution in [0.5, 0.6) is 0 Å². The number of likely N-dealkylation sites (tertiary alicyclic amines) is 1. The molecule has 0 bridgehead atoms. The van der Waals surface area contributed by atoms with Gasteiger partial charge in [-0.3, -0.25) is 9.59 Å². The summed E-state index contributed by atoms with van der Waals surface area (Å²) >= 11 is 0. The third-order valence-electron chi connectivity index (χ3n) is 5.13. The number of hydrogen-bond donors (Lipinski definition) is 1. The highest BCUT2D eigenvalue weighted by Gasteiger charge is 2.40. The van der Waals surface area contributed by atoms with E-state index in [0.717, 1.165) is 25.0 Å². The van der Waals surface area contributed by atoms with E-state index in [0.29, 0.717) is 29.8 Å². The molecule has 1 aliphatic heterocycles. The lowest BCUT2D eigenvalue weighted by atomic mass is 9.89. The van der Waals surface area contributed by atoms with Gasteiger partial charge >= 0.3 is 0 Å². The van der Waals surface area contributed by atoms with Crippen LogP contribution < -0.4 is 5.32 Å². The Hall–Kier alpha value is -3.02. The van der Waals surface area contributed by atoms with Crippen LogP contribution in [0.15, 0.2) is 55.1 Å². The normalized spacial score (nSPS) is 18.8. The molecule has 0 radical (unpaired) electrons. The van der Waals surface area contributed by atoms with Crippen molar-refractivity contribution in [1.29, 1.82) is 0 Å². The minimum atomic E-state index is -0.886. The monoisotopic (exact) mass is 384 g/mol. The molecule has 6 heteroatoms. The minimum Gasteiger partial charge on any atom is -0.333 e. The number of benzene rings is 2. The second kappa shape index (κ2) is 7.92. The molecule has 28 heavy (non-hydrogen) atoms. The van der Waals surface area contributed by atoms with Gasteiger partial charge in [-0.25, -0.2) is 8.78 Å². The Kier molecular flexibility index (Phi) is 5.58. The third-order valence-corrected chi connectivity index (χ3v) is 5.13. The Bertz CT molecular complexity index is 929. The first-order valence-electron chi connectivity index (χ1n) is 9.12. The number of amides is 2. The Balaban J connectivity index is 1.82. The van der Waals surface area contributed by atoms with E-state index < -0.39 is 17.2 Å². The Morgan fingerprint density at radius 3 is 2.71 bits per heavy atom. The van der Waals surface area contributed by atoms with Gasteiger partial charge in [0.1, 0.15) is 0 Å². The number of carbonyl (C=O) groups is 2. The van der Waals surface area contributed by atoms with Gasteiger partial charge in [0.15, 0.2) is 11.6 Å². The van der Waals surface area contributed by atoms with Crippen molar-refractivity contribution in [3.63, 3.8) is 0 Å². The van der Waals surface area contributed by atoms with E-state index >= 15 is 0 Å². The Labute approximate surface area is 162 Å². The van der Waals surface area contributed by atoms with E-state index in [2.05, 4.69) is 11.9 Å². The zero-order valence-corrected chi connectivity index (χ0v) is 15.7. The predicted octanol–water partition coefficient (Wildman–Crippen LogP) is 4.33. The zero-order valence-electron chi connectivity index (χ0n) is 15.7. The fourth-order valence-electron chi connectivity index (χ4n) is 3.72. The van der Waals surface area contributed by atoms with Gasteiger partial charge in [0, 0.05) is 23.3 Å². The summed E-state index contributed by atoms with van der Waals surface area (Å²) in [7, 11) is 0. The number of carbonyl (C=O) groups excluding carboxylic acids is 2. The maximum absolute atomic E-state index is 13.6. The number of anilines is 1. The van der Waals surface area contributed by atoms with E-state index in [-0.39, 0.29) is 11.8 Å². The largest absolute Gasteiger partial charge is 0.333 e. The molecular formula is C22H22F2N2O2. The third kappa shape index (κ3) is 4.11. The van der Waals surface area contributed by atoms with Gasteiger partial charge in [-0.15, -0.1) is 0 Å². The van der Waals surface area contributed by atoms with E-state index in [9.17, 15) is 18.4 Å². The fourth-order valence-corrected chi connectivity index (χ4v) is 3.72. The number of rotatable bonds is 5.